The molecule has 90 valence electrons. The second-order valence-corrected chi connectivity index (χ2v) is 3.98. The van der Waals surface area contributed by atoms with Crippen molar-refractivity contribution in [3.8, 4) is 0 Å². The zero-order valence-corrected chi connectivity index (χ0v) is 9.94. The highest BCUT2D eigenvalue weighted by Crippen LogP contribution is 2.12. The molecule has 1 aromatic heterocycles. The van der Waals surface area contributed by atoms with Gasteiger partial charge in [0.25, 0.3) is 0 Å². The van der Waals surface area contributed by atoms with Crippen LogP contribution >= 0.6 is 0 Å². The summed E-state index contributed by atoms with van der Waals surface area (Å²) in [5.74, 6) is 0.588. The van der Waals surface area contributed by atoms with Crippen molar-refractivity contribution in [1.82, 2.24) is 0 Å². The first-order valence-corrected chi connectivity index (χ1v) is 5.91. The van der Waals surface area contributed by atoms with Crippen LogP contribution in [-0.2, 0) is 11.3 Å². The first kappa shape index (κ1) is 11.9. The molecular weight excluding hydrogens is 216 g/mol. The van der Waals surface area contributed by atoms with Crippen LogP contribution in [0, 0.1) is 0 Å². The summed E-state index contributed by atoms with van der Waals surface area (Å²) in [6, 6.07) is 8.76. The Labute approximate surface area is 100 Å². The molecule has 0 bridgehead atoms. The number of hydrogen-bond donors (Lipinski definition) is 0. The maximum Gasteiger partial charge on any atom is 0.193 e. The van der Waals surface area contributed by atoms with E-state index in [-0.39, 0.29) is 5.43 Å². The van der Waals surface area contributed by atoms with Crippen LogP contribution in [0.25, 0.3) is 11.0 Å². The summed E-state index contributed by atoms with van der Waals surface area (Å²) in [7, 11) is 0. The van der Waals surface area contributed by atoms with E-state index in [1.807, 2.05) is 12.1 Å². The highest BCUT2D eigenvalue weighted by atomic mass is 16.5. The zero-order chi connectivity index (χ0) is 12.1. The number of benzene rings is 1. The fourth-order valence-corrected chi connectivity index (χ4v) is 1.64. The summed E-state index contributed by atoms with van der Waals surface area (Å²) in [5, 5.41) is 0.616. The largest absolute Gasteiger partial charge is 0.458 e. The molecule has 0 spiro atoms. The first-order chi connectivity index (χ1) is 8.31. The number of para-hydroxylation sites is 1. The van der Waals surface area contributed by atoms with Crippen molar-refractivity contribution in [3.05, 3.63) is 46.3 Å². The highest BCUT2D eigenvalue weighted by molar-refractivity contribution is 5.75. The normalized spacial score (nSPS) is 10.9. The maximum atomic E-state index is 11.8. The number of hydrogen-bond acceptors (Lipinski definition) is 3. The SMILES string of the molecule is CCCCOCc1cc(=O)c2ccccc2o1. The Morgan fingerprint density at radius 1 is 1.29 bits per heavy atom. The van der Waals surface area contributed by atoms with E-state index in [2.05, 4.69) is 6.92 Å². The predicted molar refractivity (Wildman–Crippen MR) is 67.0 cm³/mol. The summed E-state index contributed by atoms with van der Waals surface area (Å²) in [4.78, 5) is 11.8. The molecule has 0 saturated heterocycles. The third kappa shape index (κ3) is 2.94. The molecule has 0 N–H and O–H groups in total. The minimum atomic E-state index is -0.0130. The van der Waals surface area contributed by atoms with Gasteiger partial charge in [-0.1, -0.05) is 25.5 Å². The minimum absolute atomic E-state index is 0.0130. The molecule has 1 heterocycles. The van der Waals surface area contributed by atoms with E-state index in [0.717, 1.165) is 12.8 Å². The zero-order valence-electron chi connectivity index (χ0n) is 9.94. The van der Waals surface area contributed by atoms with Crippen molar-refractivity contribution < 1.29 is 9.15 Å². The summed E-state index contributed by atoms with van der Waals surface area (Å²) in [6.45, 7) is 3.17. The van der Waals surface area contributed by atoms with Crippen LogP contribution in [-0.4, -0.2) is 6.61 Å². The topological polar surface area (TPSA) is 39.4 Å². The average molecular weight is 232 g/mol. The standard InChI is InChI=1S/C14H16O3/c1-2-3-8-16-10-11-9-13(15)12-6-4-5-7-14(12)17-11/h4-7,9H,2-3,8,10H2,1H3. The Kier molecular flexibility index (Phi) is 3.94. The van der Waals surface area contributed by atoms with Gasteiger partial charge in [-0.25, -0.2) is 0 Å². The van der Waals surface area contributed by atoms with Gasteiger partial charge in [-0.3, -0.25) is 4.79 Å². The van der Waals surface area contributed by atoms with Gasteiger partial charge in [-0.05, 0) is 18.6 Å². The molecule has 0 saturated carbocycles. The summed E-state index contributed by atoms with van der Waals surface area (Å²) < 4.78 is 11.0. The Bertz CT molecular complexity index is 542. The molecule has 2 aromatic rings. The Morgan fingerprint density at radius 3 is 2.94 bits per heavy atom. The van der Waals surface area contributed by atoms with Gasteiger partial charge in [0.05, 0.1) is 5.39 Å². The lowest BCUT2D eigenvalue weighted by Gasteiger charge is -2.04. The van der Waals surface area contributed by atoms with Crippen LogP contribution in [0.1, 0.15) is 25.5 Å². The van der Waals surface area contributed by atoms with E-state index >= 15 is 0 Å². The van der Waals surface area contributed by atoms with Crippen LogP contribution in [0.5, 0.6) is 0 Å². The van der Waals surface area contributed by atoms with Gasteiger partial charge in [-0.2, -0.15) is 0 Å². The lowest BCUT2D eigenvalue weighted by atomic mass is 10.2. The van der Waals surface area contributed by atoms with Gasteiger partial charge in [0, 0.05) is 12.7 Å². The molecule has 0 fully saturated rings. The van der Waals surface area contributed by atoms with E-state index in [4.69, 9.17) is 9.15 Å². The number of fused-ring (bicyclic) bond motifs is 1. The van der Waals surface area contributed by atoms with E-state index in [1.54, 1.807) is 12.1 Å². The van der Waals surface area contributed by atoms with Crippen molar-refractivity contribution in [1.29, 1.82) is 0 Å². The second-order valence-electron chi connectivity index (χ2n) is 3.98. The predicted octanol–water partition coefficient (Wildman–Crippen LogP) is 3.11. The second kappa shape index (κ2) is 5.64. The van der Waals surface area contributed by atoms with E-state index in [9.17, 15) is 4.79 Å². The molecule has 0 aliphatic heterocycles. The molecular formula is C14H16O3. The monoisotopic (exact) mass is 232 g/mol. The van der Waals surface area contributed by atoms with E-state index < -0.39 is 0 Å². The molecule has 0 aliphatic rings. The van der Waals surface area contributed by atoms with Crippen LogP contribution in [0.15, 0.2) is 39.5 Å². The maximum absolute atomic E-state index is 11.8. The van der Waals surface area contributed by atoms with Crippen LogP contribution < -0.4 is 5.43 Å². The van der Waals surface area contributed by atoms with Crippen molar-refractivity contribution in [3.63, 3.8) is 0 Å². The summed E-state index contributed by atoms with van der Waals surface area (Å²) in [6.07, 6.45) is 2.12. The third-order valence-electron chi connectivity index (χ3n) is 2.57. The Hall–Kier alpha value is -1.61. The summed E-state index contributed by atoms with van der Waals surface area (Å²) >= 11 is 0. The van der Waals surface area contributed by atoms with E-state index in [1.165, 1.54) is 6.07 Å². The molecule has 17 heavy (non-hydrogen) atoms. The number of unbranched alkanes of at least 4 members (excludes halogenated alkanes) is 1. The fraction of sp³-hybridized carbons (Fsp3) is 0.357. The molecule has 3 nitrogen and oxygen atoms in total. The molecule has 1 aromatic carbocycles. The fourth-order valence-electron chi connectivity index (χ4n) is 1.64. The van der Waals surface area contributed by atoms with E-state index in [0.29, 0.717) is 29.9 Å². The van der Waals surface area contributed by atoms with Gasteiger partial charge in [0.15, 0.2) is 5.43 Å². The minimum Gasteiger partial charge on any atom is -0.458 e. The van der Waals surface area contributed by atoms with Gasteiger partial charge < -0.3 is 9.15 Å². The van der Waals surface area contributed by atoms with Crippen molar-refractivity contribution in [2.75, 3.05) is 6.61 Å². The molecule has 0 amide bonds. The summed E-state index contributed by atoms with van der Waals surface area (Å²) in [5.41, 5.74) is 0.607. The third-order valence-corrected chi connectivity index (χ3v) is 2.57. The number of rotatable bonds is 5. The van der Waals surface area contributed by atoms with Gasteiger partial charge in [-0.15, -0.1) is 0 Å². The first-order valence-electron chi connectivity index (χ1n) is 5.91. The molecule has 0 aliphatic carbocycles. The smallest absolute Gasteiger partial charge is 0.193 e. The van der Waals surface area contributed by atoms with Gasteiger partial charge in [0.1, 0.15) is 18.0 Å². The quantitative estimate of drug-likeness (QED) is 0.743. The Balaban J connectivity index is 2.16. The number of ether oxygens (including phenoxy) is 1. The van der Waals surface area contributed by atoms with Crippen molar-refractivity contribution in [2.45, 2.75) is 26.4 Å². The van der Waals surface area contributed by atoms with Crippen LogP contribution in [0.3, 0.4) is 0 Å². The van der Waals surface area contributed by atoms with Crippen molar-refractivity contribution >= 4 is 11.0 Å². The lowest BCUT2D eigenvalue weighted by Crippen LogP contribution is -2.03. The van der Waals surface area contributed by atoms with Crippen molar-refractivity contribution in [2.24, 2.45) is 0 Å². The molecule has 0 atom stereocenters. The molecule has 0 radical (unpaired) electrons. The van der Waals surface area contributed by atoms with Gasteiger partial charge >= 0.3 is 0 Å². The lowest BCUT2D eigenvalue weighted by molar-refractivity contribution is 0.104. The molecule has 2 rings (SSSR count). The average Bonchev–Trinajstić information content (AvgIpc) is 2.35. The Morgan fingerprint density at radius 2 is 2.12 bits per heavy atom. The highest BCUT2D eigenvalue weighted by Gasteiger charge is 2.03. The van der Waals surface area contributed by atoms with Crippen LogP contribution in [0.4, 0.5) is 0 Å². The molecule has 3 heteroatoms. The van der Waals surface area contributed by atoms with Crippen LogP contribution in [0.2, 0.25) is 0 Å². The van der Waals surface area contributed by atoms with Gasteiger partial charge in [0.2, 0.25) is 0 Å². The molecule has 0 unspecified atom stereocenters.